The van der Waals surface area contributed by atoms with Crippen molar-refractivity contribution in [1.29, 1.82) is 0 Å². The molecule has 2 rings (SSSR count). The Morgan fingerprint density at radius 1 is 1.40 bits per heavy atom. The number of hydrogen-bond acceptors (Lipinski definition) is 3. The maximum absolute atomic E-state index is 12.1. The quantitative estimate of drug-likeness (QED) is 0.919. The molecule has 1 atom stereocenters. The van der Waals surface area contributed by atoms with Gasteiger partial charge in [0.1, 0.15) is 0 Å². The molecule has 1 aliphatic rings. The Bertz CT molecular complexity index is 564. The van der Waals surface area contributed by atoms with Crippen molar-refractivity contribution in [2.75, 3.05) is 31.1 Å². The Labute approximate surface area is 125 Å². The van der Waals surface area contributed by atoms with Gasteiger partial charge in [-0.3, -0.25) is 0 Å². The Kier molecular flexibility index (Phi) is 4.90. The Hall–Kier alpha value is -0.820. The highest BCUT2D eigenvalue weighted by atomic mass is 35.5. The molecule has 0 radical (unpaired) electrons. The standard InChI is InChI=1S/C13H20ClN3O2S/c1-3-15-20(18,19)17-8-7-16(10-11(17)2)13-6-4-5-12(14)9-13/h4-6,9,11,15H,3,7-8,10H2,1-2H3. The number of halogens is 1. The van der Waals surface area contributed by atoms with Crippen LogP contribution in [0.2, 0.25) is 5.02 Å². The Morgan fingerprint density at radius 2 is 2.15 bits per heavy atom. The summed E-state index contributed by atoms with van der Waals surface area (Å²) in [5.74, 6) is 0. The molecule has 1 saturated heterocycles. The molecule has 1 aromatic rings. The predicted molar refractivity (Wildman–Crippen MR) is 82.4 cm³/mol. The van der Waals surface area contributed by atoms with Crippen LogP contribution in [0.1, 0.15) is 13.8 Å². The summed E-state index contributed by atoms with van der Waals surface area (Å²) >= 11 is 6.00. The number of nitrogens with zero attached hydrogens (tertiary/aromatic N) is 2. The van der Waals surface area contributed by atoms with E-state index in [4.69, 9.17) is 11.6 Å². The lowest BCUT2D eigenvalue weighted by atomic mass is 10.2. The number of rotatable bonds is 4. The van der Waals surface area contributed by atoms with Crippen LogP contribution >= 0.6 is 11.6 Å². The van der Waals surface area contributed by atoms with Crippen molar-refractivity contribution >= 4 is 27.5 Å². The zero-order chi connectivity index (χ0) is 14.8. The highest BCUT2D eigenvalue weighted by Crippen LogP contribution is 2.23. The van der Waals surface area contributed by atoms with E-state index >= 15 is 0 Å². The van der Waals surface area contributed by atoms with Crippen molar-refractivity contribution in [3.05, 3.63) is 29.3 Å². The van der Waals surface area contributed by atoms with Crippen LogP contribution in [-0.2, 0) is 10.2 Å². The van der Waals surface area contributed by atoms with E-state index in [0.29, 0.717) is 31.2 Å². The molecular weight excluding hydrogens is 298 g/mol. The van der Waals surface area contributed by atoms with Gasteiger partial charge in [0.05, 0.1) is 0 Å². The van der Waals surface area contributed by atoms with Gasteiger partial charge < -0.3 is 4.90 Å². The summed E-state index contributed by atoms with van der Waals surface area (Å²) in [5.41, 5.74) is 1.03. The monoisotopic (exact) mass is 317 g/mol. The van der Waals surface area contributed by atoms with E-state index in [1.165, 1.54) is 4.31 Å². The predicted octanol–water partition coefficient (Wildman–Crippen LogP) is 1.70. The first-order chi connectivity index (χ1) is 9.44. The molecule has 1 N–H and O–H groups in total. The lowest BCUT2D eigenvalue weighted by molar-refractivity contribution is 0.303. The summed E-state index contributed by atoms with van der Waals surface area (Å²) in [6, 6.07) is 7.56. The number of benzene rings is 1. The van der Waals surface area contributed by atoms with Gasteiger partial charge in [0.15, 0.2) is 0 Å². The molecule has 1 fully saturated rings. The molecule has 7 heteroatoms. The molecule has 112 valence electrons. The van der Waals surface area contributed by atoms with Crippen LogP contribution in [-0.4, -0.2) is 44.9 Å². The molecule has 5 nitrogen and oxygen atoms in total. The number of hydrogen-bond donors (Lipinski definition) is 1. The molecule has 1 aliphatic heterocycles. The van der Waals surface area contributed by atoms with Gasteiger partial charge in [0.2, 0.25) is 0 Å². The van der Waals surface area contributed by atoms with Crippen molar-refractivity contribution in [3.63, 3.8) is 0 Å². The molecular formula is C13H20ClN3O2S. The number of nitrogens with one attached hydrogen (secondary N) is 1. The molecule has 1 heterocycles. The Morgan fingerprint density at radius 3 is 2.75 bits per heavy atom. The molecule has 0 spiro atoms. The Balaban J connectivity index is 2.09. The van der Waals surface area contributed by atoms with Crippen molar-refractivity contribution in [1.82, 2.24) is 9.03 Å². The summed E-state index contributed by atoms with van der Waals surface area (Å²) in [4.78, 5) is 2.16. The minimum atomic E-state index is -3.37. The number of anilines is 1. The molecule has 0 aromatic heterocycles. The first-order valence-electron chi connectivity index (χ1n) is 6.71. The molecule has 1 aromatic carbocycles. The van der Waals surface area contributed by atoms with E-state index < -0.39 is 10.2 Å². The smallest absolute Gasteiger partial charge is 0.279 e. The van der Waals surface area contributed by atoms with Crippen LogP contribution in [0.5, 0.6) is 0 Å². The minimum Gasteiger partial charge on any atom is -0.369 e. The zero-order valence-corrected chi connectivity index (χ0v) is 13.3. The molecule has 0 aliphatic carbocycles. The van der Waals surface area contributed by atoms with E-state index in [-0.39, 0.29) is 6.04 Å². The highest BCUT2D eigenvalue weighted by molar-refractivity contribution is 7.87. The van der Waals surface area contributed by atoms with Gasteiger partial charge in [0, 0.05) is 42.9 Å². The van der Waals surface area contributed by atoms with E-state index in [1.807, 2.05) is 31.2 Å². The van der Waals surface area contributed by atoms with Crippen LogP contribution in [0.25, 0.3) is 0 Å². The first kappa shape index (κ1) is 15.6. The third-order valence-electron chi connectivity index (χ3n) is 3.38. The van der Waals surface area contributed by atoms with Crippen LogP contribution < -0.4 is 9.62 Å². The fourth-order valence-electron chi connectivity index (χ4n) is 2.47. The van der Waals surface area contributed by atoms with Gasteiger partial charge in [0.25, 0.3) is 10.2 Å². The zero-order valence-electron chi connectivity index (χ0n) is 11.7. The third kappa shape index (κ3) is 3.44. The lowest BCUT2D eigenvalue weighted by Gasteiger charge is -2.40. The van der Waals surface area contributed by atoms with Crippen molar-refractivity contribution in [2.24, 2.45) is 0 Å². The summed E-state index contributed by atoms with van der Waals surface area (Å²) in [7, 11) is -3.37. The van der Waals surface area contributed by atoms with E-state index in [1.54, 1.807) is 6.92 Å². The second kappa shape index (κ2) is 6.30. The SMILES string of the molecule is CCNS(=O)(=O)N1CCN(c2cccc(Cl)c2)CC1C. The first-order valence-corrected chi connectivity index (χ1v) is 8.53. The second-order valence-corrected chi connectivity index (χ2v) is 7.03. The maximum Gasteiger partial charge on any atom is 0.279 e. The van der Waals surface area contributed by atoms with Crippen molar-refractivity contribution in [3.8, 4) is 0 Å². The van der Waals surface area contributed by atoms with Crippen molar-refractivity contribution in [2.45, 2.75) is 19.9 Å². The van der Waals surface area contributed by atoms with E-state index in [9.17, 15) is 8.42 Å². The summed E-state index contributed by atoms with van der Waals surface area (Å²) in [5, 5.41) is 0.692. The number of piperazine rings is 1. The van der Waals surface area contributed by atoms with Crippen molar-refractivity contribution < 1.29 is 8.42 Å². The van der Waals surface area contributed by atoms with Gasteiger partial charge in [-0.1, -0.05) is 24.6 Å². The minimum absolute atomic E-state index is 0.0771. The average molecular weight is 318 g/mol. The molecule has 0 amide bonds. The van der Waals surface area contributed by atoms with Crippen LogP contribution in [0, 0.1) is 0 Å². The summed E-state index contributed by atoms with van der Waals surface area (Å²) < 4.78 is 28.2. The highest BCUT2D eigenvalue weighted by Gasteiger charge is 2.32. The van der Waals surface area contributed by atoms with Gasteiger partial charge in [-0.05, 0) is 25.1 Å². The summed E-state index contributed by atoms with van der Waals surface area (Å²) in [6.07, 6.45) is 0. The maximum atomic E-state index is 12.1. The second-order valence-electron chi connectivity index (χ2n) is 4.89. The molecule has 0 bridgehead atoms. The lowest BCUT2D eigenvalue weighted by Crippen LogP contribution is -2.56. The molecule has 1 unspecified atom stereocenters. The average Bonchev–Trinajstić information content (AvgIpc) is 2.38. The largest absolute Gasteiger partial charge is 0.369 e. The fraction of sp³-hybridized carbons (Fsp3) is 0.538. The van der Waals surface area contributed by atoms with Crippen LogP contribution in [0.15, 0.2) is 24.3 Å². The van der Waals surface area contributed by atoms with Crippen LogP contribution in [0.3, 0.4) is 0 Å². The third-order valence-corrected chi connectivity index (χ3v) is 5.42. The molecule has 20 heavy (non-hydrogen) atoms. The van der Waals surface area contributed by atoms with Gasteiger partial charge >= 0.3 is 0 Å². The van der Waals surface area contributed by atoms with E-state index in [2.05, 4.69) is 9.62 Å². The fourth-order valence-corrected chi connectivity index (χ4v) is 4.05. The van der Waals surface area contributed by atoms with E-state index in [0.717, 1.165) is 5.69 Å². The topological polar surface area (TPSA) is 52.7 Å². The van der Waals surface area contributed by atoms with Crippen LogP contribution in [0.4, 0.5) is 5.69 Å². The van der Waals surface area contributed by atoms with Gasteiger partial charge in [-0.2, -0.15) is 12.7 Å². The van der Waals surface area contributed by atoms with Gasteiger partial charge in [-0.15, -0.1) is 0 Å². The van der Waals surface area contributed by atoms with Gasteiger partial charge in [-0.25, -0.2) is 4.72 Å². The summed E-state index contributed by atoms with van der Waals surface area (Å²) in [6.45, 7) is 5.91. The normalized spacial score (nSPS) is 21.1. The molecule has 0 saturated carbocycles.